The summed E-state index contributed by atoms with van der Waals surface area (Å²) in [4.78, 5) is 27.8. The van der Waals surface area contributed by atoms with Gasteiger partial charge in [-0.25, -0.2) is 5.01 Å². The van der Waals surface area contributed by atoms with Crippen molar-refractivity contribution in [1.29, 1.82) is 0 Å². The Labute approximate surface area is 156 Å². The number of carbonyl (C=O) groups excluding carboxylic acids is 2. The van der Waals surface area contributed by atoms with Crippen LogP contribution in [0.4, 0.5) is 13.2 Å². The predicted molar refractivity (Wildman–Crippen MR) is 96.6 cm³/mol. The molecule has 27 heavy (non-hydrogen) atoms. The molecule has 0 aliphatic heterocycles. The van der Waals surface area contributed by atoms with Gasteiger partial charge in [-0.2, -0.15) is 13.2 Å². The lowest BCUT2D eigenvalue weighted by Crippen LogP contribution is -2.53. The molecule has 0 aliphatic carbocycles. The second-order valence-electron chi connectivity index (χ2n) is 5.96. The summed E-state index contributed by atoms with van der Waals surface area (Å²) < 4.78 is 40.4. The van der Waals surface area contributed by atoms with Crippen LogP contribution in [0.5, 0.6) is 0 Å². The molecule has 0 fully saturated rings. The molecule has 2 N–H and O–H groups in total. The highest BCUT2D eigenvalue weighted by atomic mass is 32.1. The Morgan fingerprint density at radius 2 is 2.00 bits per heavy atom. The van der Waals surface area contributed by atoms with Gasteiger partial charge in [-0.3, -0.25) is 15.0 Å². The smallest absolute Gasteiger partial charge is 0.361 e. The lowest BCUT2D eigenvalue weighted by atomic mass is 10.1. The standard InChI is InChI=1S/C18H16F3N3O2S/c1-24(15(18(19,20)21)10-13(25)14-6-3-9-27-14)23-17(26)12-5-2-4-11-7-8-22-16(11)12/h2-9,15,22H,10H2,1H3,(H,23,26). The van der Waals surface area contributed by atoms with Crippen molar-refractivity contribution in [3.63, 3.8) is 0 Å². The van der Waals surface area contributed by atoms with Gasteiger partial charge in [-0.15, -0.1) is 11.3 Å². The highest BCUT2D eigenvalue weighted by Crippen LogP contribution is 2.28. The zero-order valence-electron chi connectivity index (χ0n) is 14.2. The highest BCUT2D eigenvalue weighted by molar-refractivity contribution is 7.12. The molecule has 3 rings (SSSR count). The first-order chi connectivity index (χ1) is 12.8. The van der Waals surface area contributed by atoms with E-state index < -0.39 is 30.3 Å². The number of amides is 1. The number of hydrogen-bond donors (Lipinski definition) is 2. The van der Waals surface area contributed by atoms with E-state index in [1.54, 1.807) is 35.8 Å². The highest BCUT2D eigenvalue weighted by Gasteiger charge is 2.44. The van der Waals surface area contributed by atoms with E-state index in [1.807, 2.05) is 0 Å². The van der Waals surface area contributed by atoms with E-state index in [2.05, 4.69) is 10.4 Å². The van der Waals surface area contributed by atoms with Crippen molar-refractivity contribution in [1.82, 2.24) is 15.4 Å². The van der Waals surface area contributed by atoms with Gasteiger partial charge in [0.05, 0.1) is 16.0 Å². The third-order valence-corrected chi connectivity index (χ3v) is 5.04. The van der Waals surface area contributed by atoms with Gasteiger partial charge in [0.25, 0.3) is 5.91 Å². The van der Waals surface area contributed by atoms with Crippen molar-refractivity contribution in [3.8, 4) is 0 Å². The molecule has 1 unspecified atom stereocenters. The van der Waals surface area contributed by atoms with E-state index in [0.717, 1.165) is 23.8 Å². The summed E-state index contributed by atoms with van der Waals surface area (Å²) >= 11 is 1.08. The number of nitrogens with one attached hydrogen (secondary N) is 2. The lowest BCUT2D eigenvalue weighted by Gasteiger charge is -2.29. The van der Waals surface area contributed by atoms with Crippen molar-refractivity contribution in [3.05, 3.63) is 58.4 Å². The topological polar surface area (TPSA) is 65.2 Å². The average Bonchev–Trinajstić information content (AvgIpc) is 3.28. The largest absolute Gasteiger partial charge is 0.406 e. The molecule has 2 aromatic heterocycles. The number of hydrogen-bond acceptors (Lipinski definition) is 4. The van der Waals surface area contributed by atoms with Crippen LogP contribution in [0.15, 0.2) is 48.0 Å². The Morgan fingerprint density at radius 1 is 1.22 bits per heavy atom. The third-order valence-electron chi connectivity index (χ3n) is 4.13. The van der Waals surface area contributed by atoms with Gasteiger partial charge < -0.3 is 4.98 Å². The maximum Gasteiger partial charge on any atom is 0.406 e. The number of para-hydroxylation sites is 1. The van der Waals surface area contributed by atoms with Crippen molar-refractivity contribution in [2.24, 2.45) is 0 Å². The van der Waals surface area contributed by atoms with Crippen LogP contribution in [0.1, 0.15) is 26.5 Å². The number of fused-ring (bicyclic) bond motifs is 1. The van der Waals surface area contributed by atoms with Gasteiger partial charge >= 0.3 is 6.18 Å². The molecular formula is C18H16F3N3O2S. The maximum atomic E-state index is 13.5. The summed E-state index contributed by atoms with van der Waals surface area (Å²) in [6.45, 7) is 0. The summed E-state index contributed by atoms with van der Waals surface area (Å²) in [7, 11) is 1.10. The number of H-pyrrole nitrogens is 1. The first kappa shape index (κ1) is 19.1. The fourth-order valence-corrected chi connectivity index (χ4v) is 3.43. The maximum absolute atomic E-state index is 13.5. The van der Waals surface area contributed by atoms with Crippen LogP contribution in [-0.4, -0.2) is 40.9 Å². The summed E-state index contributed by atoms with van der Waals surface area (Å²) in [5, 5.41) is 3.04. The van der Waals surface area contributed by atoms with Gasteiger partial charge in [-0.05, 0) is 23.6 Å². The summed E-state index contributed by atoms with van der Waals surface area (Å²) in [5.41, 5.74) is 2.99. The Morgan fingerprint density at radius 3 is 2.67 bits per heavy atom. The molecule has 5 nitrogen and oxygen atoms in total. The fraction of sp³-hybridized carbons (Fsp3) is 0.222. The van der Waals surface area contributed by atoms with Crippen LogP contribution < -0.4 is 5.43 Å². The van der Waals surface area contributed by atoms with E-state index in [9.17, 15) is 22.8 Å². The number of carbonyl (C=O) groups is 2. The summed E-state index contributed by atoms with van der Waals surface area (Å²) in [6, 6.07) is 7.64. The zero-order chi connectivity index (χ0) is 19.6. The van der Waals surface area contributed by atoms with E-state index in [1.165, 1.54) is 12.1 Å². The van der Waals surface area contributed by atoms with Crippen molar-refractivity contribution in [2.45, 2.75) is 18.6 Å². The first-order valence-electron chi connectivity index (χ1n) is 8.00. The van der Waals surface area contributed by atoms with Crippen LogP contribution in [-0.2, 0) is 0 Å². The quantitative estimate of drug-likeness (QED) is 0.490. The number of aromatic amines is 1. The molecule has 2 heterocycles. The van der Waals surface area contributed by atoms with E-state index >= 15 is 0 Å². The molecule has 0 saturated heterocycles. The molecule has 9 heteroatoms. The molecule has 0 aliphatic rings. The lowest BCUT2D eigenvalue weighted by molar-refractivity contribution is -0.184. The second kappa shape index (κ2) is 7.53. The number of thiophene rings is 1. The minimum Gasteiger partial charge on any atom is -0.361 e. The summed E-state index contributed by atoms with van der Waals surface area (Å²) in [6.07, 6.45) is -3.83. The van der Waals surface area contributed by atoms with Crippen LogP contribution in [0.3, 0.4) is 0 Å². The fourth-order valence-electron chi connectivity index (χ4n) is 2.76. The SMILES string of the molecule is CN(NC(=O)c1cccc2cc[nH]c12)C(CC(=O)c1cccs1)C(F)(F)F. The monoisotopic (exact) mass is 395 g/mol. The Bertz CT molecular complexity index is 950. The van der Waals surface area contributed by atoms with Gasteiger partial charge in [0.15, 0.2) is 5.78 Å². The van der Waals surface area contributed by atoms with Crippen molar-refractivity contribution >= 4 is 33.9 Å². The van der Waals surface area contributed by atoms with Gasteiger partial charge in [-0.1, -0.05) is 18.2 Å². The second-order valence-corrected chi connectivity index (χ2v) is 6.91. The van der Waals surface area contributed by atoms with Crippen LogP contribution >= 0.6 is 11.3 Å². The summed E-state index contributed by atoms with van der Waals surface area (Å²) in [5.74, 6) is -1.32. The average molecular weight is 395 g/mol. The van der Waals surface area contributed by atoms with Crippen LogP contribution in [0, 0.1) is 0 Å². The van der Waals surface area contributed by atoms with Crippen molar-refractivity contribution < 1.29 is 22.8 Å². The number of ketones is 1. The number of nitrogens with zero attached hydrogens (tertiary/aromatic N) is 1. The predicted octanol–water partition coefficient (Wildman–Crippen LogP) is 4.01. The molecule has 0 radical (unpaired) electrons. The molecule has 3 aromatic rings. The van der Waals surface area contributed by atoms with E-state index in [0.29, 0.717) is 10.5 Å². The van der Waals surface area contributed by atoms with Gasteiger partial charge in [0.1, 0.15) is 6.04 Å². The molecule has 142 valence electrons. The molecule has 0 bridgehead atoms. The Balaban J connectivity index is 1.78. The van der Waals surface area contributed by atoms with Crippen LogP contribution in [0.25, 0.3) is 10.9 Å². The normalized spacial score (nSPS) is 13.1. The number of Topliss-reactive ketones (excluding diaryl/α,β-unsaturated/α-hetero) is 1. The minimum atomic E-state index is -4.69. The minimum absolute atomic E-state index is 0.217. The third kappa shape index (κ3) is 4.20. The molecule has 1 amide bonds. The molecule has 0 spiro atoms. The molecule has 1 atom stereocenters. The number of benzene rings is 1. The van der Waals surface area contributed by atoms with Gasteiger partial charge in [0.2, 0.25) is 0 Å². The number of rotatable bonds is 6. The molecular weight excluding hydrogens is 379 g/mol. The molecule has 0 saturated carbocycles. The van der Waals surface area contributed by atoms with Crippen LogP contribution in [0.2, 0.25) is 0 Å². The number of aromatic nitrogens is 1. The number of hydrazine groups is 1. The van der Waals surface area contributed by atoms with Gasteiger partial charge in [0, 0.05) is 25.1 Å². The zero-order valence-corrected chi connectivity index (χ0v) is 15.0. The van der Waals surface area contributed by atoms with E-state index in [-0.39, 0.29) is 10.4 Å². The number of halogens is 3. The van der Waals surface area contributed by atoms with Crippen molar-refractivity contribution in [2.75, 3.05) is 7.05 Å². The first-order valence-corrected chi connectivity index (χ1v) is 8.88. The Kier molecular flexibility index (Phi) is 5.33. The Hall–Kier alpha value is -2.65. The molecule has 1 aromatic carbocycles. The van der Waals surface area contributed by atoms with E-state index in [4.69, 9.17) is 0 Å². The number of alkyl halides is 3.